The SMILES string of the molecule is Cc1ccc2c(c1)cc1n2C(C)CNC1=O. The number of amides is 1. The molecular weight excluding hydrogens is 200 g/mol. The number of hydrogen-bond donors (Lipinski definition) is 1. The van der Waals surface area contributed by atoms with E-state index in [1.807, 2.05) is 6.07 Å². The van der Waals surface area contributed by atoms with E-state index in [0.717, 1.165) is 16.6 Å². The summed E-state index contributed by atoms with van der Waals surface area (Å²) in [4.78, 5) is 11.8. The molecule has 3 rings (SSSR count). The van der Waals surface area contributed by atoms with Crippen molar-refractivity contribution in [2.45, 2.75) is 19.9 Å². The lowest BCUT2D eigenvalue weighted by molar-refractivity contribution is 0.0919. The molecule has 82 valence electrons. The Kier molecular flexibility index (Phi) is 1.84. The van der Waals surface area contributed by atoms with Gasteiger partial charge in [0.15, 0.2) is 0 Å². The van der Waals surface area contributed by atoms with Crippen LogP contribution < -0.4 is 5.32 Å². The number of hydrogen-bond acceptors (Lipinski definition) is 1. The first-order valence-corrected chi connectivity index (χ1v) is 5.56. The number of aromatic nitrogens is 1. The Morgan fingerprint density at radius 1 is 1.38 bits per heavy atom. The monoisotopic (exact) mass is 214 g/mol. The molecule has 0 spiro atoms. The number of nitrogens with zero attached hydrogens (tertiary/aromatic N) is 1. The van der Waals surface area contributed by atoms with E-state index in [2.05, 4.69) is 41.9 Å². The summed E-state index contributed by atoms with van der Waals surface area (Å²) in [6.07, 6.45) is 0. The second-order valence-electron chi connectivity index (χ2n) is 4.52. The minimum atomic E-state index is 0.0342. The summed E-state index contributed by atoms with van der Waals surface area (Å²) in [5.41, 5.74) is 3.16. The molecule has 1 amide bonds. The maximum atomic E-state index is 11.8. The number of rotatable bonds is 0. The zero-order valence-electron chi connectivity index (χ0n) is 9.45. The van der Waals surface area contributed by atoms with Crippen molar-refractivity contribution in [3.05, 3.63) is 35.5 Å². The molecule has 1 unspecified atom stereocenters. The van der Waals surface area contributed by atoms with Crippen LogP contribution in [0.5, 0.6) is 0 Å². The summed E-state index contributed by atoms with van der Waals surface area (Å²) < 4.78 is 2.13. The number of benzene rings is 1. The van der Waals surface area contributed by atoms with Crippen molar-refractivity contribution in [3.8, 4) is 0 Å². The predicted molar refractivity (Wildman–Crippen MR) is 63.7 cm³/mol. The van der Waals surface area contributed by atoms with Crippen molar-refractivity contribution < 1.29 is 4.79 Å². The Bertz CT molecular complexity index is 583. The molecule has 0 radical (unpaired) electrons. The van der Waals surface area contributed by atoms with Gasteiger partial charge in [-0.25, -0.2) is 0 Å². The molecule has 1 atom stereocenters. The van der Waals surface area contributed by atoms with Gasteiger partial charge >= 0.3 is 0 Å². The standard InChI is InChI=1S/C13H14N2O/c1-8-3-4-11-10(5-8)6-12-13(16)14-7-9(2)15(11)12/h3-6,9H,7H2,1-2H3,(H,14,16). The van der Waals surface area contributed by atoms with Crippen LogP contribution in [0.1, 0.15) is 29.0 Å². The molecular formula is C13H14N2O. The van der Waals surface area contributed by atoms with E-state index in [1.165, 1.54) is 5.56 Å². The summed E-state index contributed by atoms with van der Waals surface area (Å²) in [6.45, 7) is 4.91. The molecule has 0 aliphatic carbocycles. The van der Waals surface area contributed by atoms with Gasteiger partial charge in [-0.2, -0.15) is 0 Å². The molecule has 2 aromatic rings. The first-order valence-electron chi connectivity index (χ1n) is 5.56. The lowest BCUT2D eigenvalue weighted by atomic mass is 10.2. The summed E-state index contributed by atoms with van der Waals surface area (Å²) in [5.74, 6) is 0.0342. The molecule has 1 N–H and O–H groups in total. The highest BCUT2D eigenvalue weighted by Crippen LogP contribution is 2.27. The van der Waals surface area contributed by atoms with E-state index in [1.54, 1.807) is 0 Å². The van der Waals surface area contributed by atoms with Gasteiger partial charge in [-0.15, -0.1) is 0 Å². The Morgan fingerprint density at radius 3 is 3.00 bits per heavy atom. The molecule has 1 aromatic heterocycles. The van der Waals surface area contributed by atoms with Crippen molar-refractivity contribution in [2.75, 3.05) is 6.54 Å². The van der Waals surface area contributed by atoms with Crippen LogP contribution in [0.3, 0.4) is 0 Å². The number of carbonyl (C=O) groups is 1. The van der Waals surface area contributed by atoms with E-state index in [0.29, 0.717) is 12.6 Å². The molecule has 16 heavy (non-hydrogen) atoms. The second-order valence-corrected chi connectivity index (χ2v) is 4.52. The molecule has 1 aliphatic rings. The Labute approximate surface area is 94.1 Å². The van der Waals surface area contributed by atoms with Gasteiger partial charge in [0, 0.05) is 23.5 Å². The number of aryl methyl sites for hydroxylation is 1. The summed E-state index contributed by atoms with van der Waals surface area (Å²) in [7, 11) is 0. The molecule has 1 aliphatic heterocycles. The smallest absolute Gasteiger partial charge is 0.268 e. The minimum absolute atomic E-state index is 0.0342. The lowest BCUT2D eigenvalue weighted by Gasteiger charge is -2.23. The predicted octanol–water partition coefficient (Wildman–Crippen LogP) is 2.25. The average Bonchev–Trinajstić information content (AvgIpc) is 2.63. The molecule has 3 heteroatoms. The topological polar surface area (TPSA) is 34.0 Å². The summed E-state index contributed by atoms with van der Waals surface area (Å²) in [5, 5.41) is 4.06. The van der Waals surface area contributed by atoms with Crippen LogP contribution in [0, 0.1) is 6.92 Å². The van der Waals surface area contributed by atoms with Crippen LogP contribution in [-0.2, 0) is 0 Å². The molecule has 0 saturated heterocycles. The van der Waals surface area contributed by atoms with E-state index in [4.69, 9.17) is 0 Å². The minimum Gasteiger partial charge on any atom is -0.349 e. The molecule has 0 fully saturated rings. The third-order valence-electron chi connectivity index (χ3n) is 3.23. The van der Waals surface area contributed by atoms with Crippen LogP contribution in [0.2, 0.25) is 0 Å². The van der Waals surface area contributed by atoms with E-state index in [9.17, 15) is 4.79 Å². The van der Waals surface area contributed by atoms with Crippen LogP contribution in [0.4, 0.5) is 0 Å². The first-order chi connectivity index (χ1) is 7.66. The lowest BCUT2D eigenvalue weighted by Crippen LogP contribution is -2.37. The van der Waals surface area contributed by atoms with Gasteiger partial charge in [-0.3, -0.25) is 4.79 Å². The maximum absolute atomic E-state index is 11.8. The van der Waals surface area contributed by atoms with Gasteiger partial charge in [0.1, 0.15) is 5.69 Å². The number of nitrogens with one attached hydrogen (secondary N) is 1. The fourth-order valence-electron chi connectivity index (χ4n) is 2.43. The third kappa shape index (κ3) is 1.18. The quantitative estimate of drug-likeness (QED) is 0.717. The van der Waals surface area contributed by atoms with Gasteiger partial charge in [0.05, 0.1) is 0 Å². The van der Waals surface area contributed by atoms with Gasteiger partial charge in [0.25, 0.3) is 5.91 Å². The van der Waals surface area contributed by atoms with Crippen molar-refractivity contribution in [1.82, 2.24) is 9.88 Å². The zero-order chi connectivity index (χ0) is 11.3. The highest BCUT2D eigenvalue weighted by Gasteiger charge is 2.23. The zero-order valence-corrected chi connectivity index (χ0v) is 9.45. The summed E-state index contributed by atoms with van der Waals surface area (Å²) >= 11 is 0. The van der Waals surface area contributed by atoms with E-state index < -0.39 is 0 Å². The molecule has 1 aromatic carbocycles. The maximum Gasteiger partial charge on any atom is 0.268 e. The van der Waals surface area contributed by atoms with Crippen LogP contribution >= 0.6 is 0 Å². The number of fused-ring (bicyclic) bond motifs is 3. The Morgan fingerprint density at radius 2 is 2.19 bits per heavy atom. The third-order valence-corrected chi connectivity index (χ3v) is 3.23. The van der Waals surface area contributed by atoms with Gasteiger partial charge in [-0.05, 0) is 32.0 Å². The van der Waals surface area contributed by atoms with Crippen molar-refractivity contribution in [1.29, 1.82) is 0 Å². The van der Waals surface area contributed by atoms with Gasteiger partial charge in [0.2, 0.25) is 0 Å². The average molecular weight is 214 g/mol. The van der Waals surface area contributed by atoms with Crippen LogP contribution in [0.25, 0.3) is 10.9 Å². The molecule has 0 saturated carbocycles. The van der Waals surface area contributed by atoms with Crippen molar-refractivity contribution in [3.63, 3.8) is 0 Å². The molecule has 2 heterocycles. The van der Waals surface area contributed by atoms with Gasteiger partial charge in [-0.1, -0.05) is 11.6 Å². The van der Waals surface area contributed by atoms with Crippen LogP contribution in [0.15, 0.2) is 24.3 Å². The van der Waals surface area contributed by atoms with Crippen molar-refractivity contribution in [2.24, 2.45) is 0 Å². The fourth-order valence-corrected chi connectivity index (χ4v) is 2.43. The molecule has 3 nitrogen and oxygen atoms in total. The van der Waals surface area contributed by atoms with Crippen LogP contribution in [-0.4, -0.2) is 17.0 Å². The Hall–Kier alpha value is -1.77. The fraction of sp³-hybridized carbons (Fsp3) is 0.308. The summed E-state index contributed by atoms with van der Waals surface area (Å²) in [6, 6.07) is 8.62. The Balaban J connectivity index is 2.36. The highest BCUT2D eigenvalue weighted by molar-refractivity contribution is 5.99. The van der Waals surface area contributed by atoms with E-state index in [-0.39, 0.29) is 5.91 Å². The first kappa shape index (κ1) is 9.46. The number of carbonyl (C=O) groups excluding carboxylic acids is 1. The van der Waals surface area contributed by atoms with Gasteiger partial charge < -0.3 is 9.88 Å². The normalized spacial score (nSPS) is 19.6. The largest absolute Gasteiger partial charge is 0.349 e. The highest BCUT2D eigenvalue weighted by atomic mass is 16.2. The van der Waals surface area contributed by atoms with E-state index >= 15 is 0 Å². The second kappa shape index (κ2) is 3.11. The van der Waals surface area contributed by atoms with Crippen molar-refractivity contribution >= 4 is 16.8 Å². The molecule has 0 bridgehead atoms.